The number of nitrogens with one attached hydrogen (secondary N) is 2. The van der Waals surface area contributed by atoms with Crippen molar-refractivity contribution in [2.45, 2.75) is 19.4 Å². The third-order valence-corrected chi connectivity index (χ3v) is 3.95. The number of methoxy groups -OCH3 is 3. The first-order valence-corrected chi connectivity index (χ1v) is 8.31. The highest BCUT2D eigenvalue weighted by atomic mass is 32.1. The lowest BCUT2D eigenvalue weighted by atomic mass is 10.0. The van der Waals surface area contributed by atoms with Gasteiger partial charge in [0.05, 0.1) is 39.3 Å². The normalized spacial score (nSPS) is 11.4. The van der Waals surface area contributed by atoms with Gasteiger partial charge >= 0.3 is 0 Å². The second-order valence-electron chi connectivity index (χ2n) is 5.26. The molecule has 0 fully saturated rings. The van der Waals surface area contributed by atoms with E-state index >= 15 is 0 Å². The van der Waals surface area contributed by atoms with E-state index in [1.165, 1.54) is 0 Å². The minimum absolute atomic E-state index is 0.0472. The van der Waals surface area contributed by atoms with Crippen LogP contribution >= 0.6 is 12.2 Å². The van der Waals surface area contributed by atoms with Crippen LogP contribution in [0.2, 0.25) is 0 Å². The van der Waals surface area contributed by atoms with Crippen molar-refractivity contribution in [1.82, 2.24) is 10.3 Å². The van der Waals surface area contributed by atoms with E-state index in [0.29, 0.717) is 22.5 Å². The third kappa shape index (κ3) is 4.96. The van der Waals surface area contributed by atoms with Crippen LogP contribution in [0.25, 0.3) is 0 Å². The molecule has 1 heterocycles. The SMILES string of the molecule is CC[C@H](NC(=S)Nc1ccc(OC)nc1)c1ccc(OC)c(OC)c1. The predicted octanol–water partition coefficient (Wildman–Crippen LogP) is 3.55. The van der Waals surface area contributed by atoms with Gasteiger partial charge in [-0.05, 0) is 42.4 Å². The van der Waals surface area contributed by atoms with Gasteiger partial charge in [0.15, 0.2) is 16.6 Å². The molecule has 0 amide bonds. The number of thiocarbonyl (C=S) groups is 1. The Bertz CT molecular complexity index is 707. The van der Waals surface area contributed by atoms with E-state index in [4.69, 9.17) is 26.4 Å². The molecule has 0 radical (unpaired) electrons. The summed E-state index contributed by atoms with van der Waals surface area (Å²) in [5, 5.41) is 6.96. The Hall–Kier alpha value is -2.54. The summed E-state index contributed by atoms with van der Waals surface area (Å²) in [4.78, 5) is 4.15. The summed E-state index contributed by atoms with van der Waals surface area (Å²) in [7, 11) is 4.82. The van der Waals surface area contributed by atoms with Crippen molar-refractivity contribution in [3.05, 3.63) is 42.1 Å². The molecule has 0 saturated carbocycles. The van der Waals surface area contributed by atoms with Crippen LogP contribution in [-0.4, -0.2) is 31.4 Å². The van der Waals surface area contributed by atoms with Gasteiger partial charge in [0, 0.05) is 6.07 Å². The maximum Gasteiger partial charge on any atom is 0.213 e. The largest absolute Gasteiger partial charge is 0.493 e. The van der Waals surface area contributed by atoms with Crippen LogP contribution in [0.15, 0.2) is 36.5 Å². The van der Waals surface area contributed by atoms with Gasteiger partial charge < -0.3 is 24.8 Å². The molecule has 25 heavy (non-hydrogen) atoms. The first-order chi connectivity index (χ1) is 12.1. The Morgan fingerprint density at radius 3 is 2.40 bits per heavy atom. The van der Waals surface area contributed by atoms with Crippen LogP contribution in [0, 0.1) is 0 Å². The van der Waals surface area contributed by atoms with E-state index in [9.17, 15) is 0 Å². The highest BCUT2D eigenvalue weighted by Crippen LogP contribution is 2.30. The smallest absolute Gasteiger partial charge is 0.213 e. The summed E-state index contributed by atoms with van der Waals surface area (Å²) < 4.78 is 15.7. The number of hydrogen-bond acceptors (Lipinski definition) is 5. The zero-order chi connectivity index (χ0) is 18.2. The van der Waals surface area contributed by atoms with Crippen molar-refractivity contribution >= 4 is 23.0 Å². The molecule has 0 unspecified atom stereocenters. The van der Waals surface area contributed by atoms with Crippen LogP contribution in [0.3, 0.4) is 0 Å². The van der Waals surface area contributed by atoms with Crippen molar-refractivity contribution in [3.8, 4) is 17.4 Å². The van der Waals surface area contributed by atoms with Gasteiger partial charge in [-0.3, -0.25) is 0 Å². The molecule has 0 aliphatic carbocycles. The summed E-state index contributed by atoms with van der Waals surface area (Å²) in [5.41, 5.74) is 1.86. The lowest BCUT2D eigenvalue weighted by Crippen LogP contribution is -2.32. The molecule has 1 aromatic heterocycles. The third-order valence-electron chi connectivity index (χ3n) is 3.73. The number of pyridine rings is 1. The van der Waals surface area contributed by atoms with Crippen LogP contribution in [0.4, 0.5) is 5.69 Å². The zero-order valence-corrected chi connectivity index (χ0v) is 15.6. The van der Waals surface area contributed by atoms with Crippen molar-refractivity contribution in [1.29, 1.82) is 0 Å². The summed E-state index contributed by atoms with van der Waals surface area (Å²) in [6.07, 6.45) is 2.53. The van der Waals surface area contributed by atoms with Gasteiger partial charge in [-0.15, -0.1) is 0 Å². The Balaban J connectivity index is 2.06. The minimum atomic E-state index is 0.0472. The monoisotopic (exact) mass is 361 g/mol. The molecule has 1 atom stereocenters. The highest BCUT2D eigenvalue weighted by molar-refractivity contribution is 7.80. The number of anilines is 1. The summed E-state index contributed by atoms with van der Waals surface area (Å²) >= 11 is 5.41. The van der Waals surface area contributed by atoms with E-state index < -0.39 is 0 Å². The second kappa shape index (κ2) is 9.08. The minimum Gasteiger partial charge on any atom is -0.493 e. The maximum absolute atomic E-state index is 5.41. The van der Waals surface area contributed by atoms with Crippen molar-refractivity contribution in [2.75, 3.05) is 26.6 Å². The highest BCUT2D eigenvalue weighted by Gasteiger charge is 2.14. The molecule has 0 saturated heterocycles. The van der Waals surface area contributed by atoms with E-state index in [0.717, 1.165) is 17.7 Å². The number of rotatable bonds is 7. The molecule has 1 aromatic carbocycles. The van der Waals surface area contributed by atoms with Crippen LogP contribution in [0.1, 0.15) is 24.9 Å². The number of ether oxygens (including phenoxy) is 3. The topological polar surface area (TPSA) is 64.6 Å². The molecule has 2 aromatic rings. The van der Waals surface area contributed by atoms with Gasteiger partial charge in [-0.25, -0.2) is 4.98 Å². The quantitative estimate of drug-likeness (QED) is 0.731. The molecule has 2 rings (SSSR count). The van der Waals surface area contributed by atoms with Crippen LogP contribution in [-0.2, 0) is 0 Å². The number of hydrogen-bond donors (Lipinski definition) is 2. The summed E-state index contributed by atoms with van der Waals surface area (Å²) in [6.45, 7) is 2.09. The van der Waals surface area contributed by atoms with Crippen molar-refractivity contribution in [3.63, 3.8) is 0 Å². The van der Waals surface area contributed by atoms with Gasteiger partial charge in [0.25, 0.3) is 0 Å². The predicted molar refractivity (Wildman–Crippen MR) is 103 cm³/mol. The number of benzene rings is 1. The fourth-order valence-corrected chi connectivity index (χ4v) is 2.65. The van der Waals surface area contributed by atoms with E-state index in [2.05, 4.69) is 22.5 Å². The van der Waals surface area contributed by atoms with E-state index in [1.807, 2.05) is 24.3 Å². The zero-order valence-electron chi connectivity index (χ0n) is 14.8. The Labute approximate surface area is 153 Å². The van der Waals surface area contributed by atoms with Gasteiger partial charge in [-0.1, -0.05) is 13.0 Å². The molecule has 6 nitrogen and oxygen atoms in total. The Kier molecular flexibility index (Phi) is 6.82. The average Bonchev–Trinajstić information content (AvgIpc) is 2.66. The van der Waals surface area contributed by atoms with Crippen molar-refractivity contribution < 1.29 is 14.2 Å². The molecule has 0 spiro atoms. The fraction of sp³-hybridized carbons (Fsp3) is 0.333. The molecular formula is C18H23N3O3S. The second-order valence-corrected chi connectivity index (χ2v) is 5.67. The maximum atomic E-state index is 5.41. The molecule has 7 heteroatoms. The van der Waals surface area contributed by atoms with Gasteiger partial charge in [0.1, 0.15) is 0 Å². The standard InChI is InChI=1S/C18H23N3O3S/c1-5-14(12-6-8-15(22-2)16(10-12)23-3)21-18(25)20-13-7-9-17(24-4)19-11-13/h6-11,14H,5H2,1-4H3,(H2,20,21,25)/t14-/m0/s1. The first kappa shape index (κ1) is 18.8. The lowest BCUT2D eigenvalue weighted by molar-refractivity contribution is 0.354. The first-order valence-electron chi connectivity index (χ1n) is 7.90. The molecule has 0 bridgehead atoms. The van der Waals surface area contributed by atoms with Gasteiger partial charge in [0.2, 0.25) is 5.88 Å². The summed E-state index contributed by atoms with van der Waals surface area (Å²) in [5.74, 6) is 1.95. The Morgan fingerprint density at radius 2 is 1.84 bits per heavy atom. The van der Waals surface area contributed by atoms with E-state index in [1.54, 1.807) is 33.6 Å². The van der Waals surface area contributed by atoms with Gasteiger partial charge in [-0.2, -0.15) is 0 Å². The number of nitrogens with zero attached hydrogens (tertiary/aromatic N) is 1. The molecule has 0 aliphatic rings. The fourth-order valence-electron chi connectivity index (χ4n) is 2.39. The molecule has 2 N–H and O–H groups in total. The summed E-state index contributed by atoms with van der Waals surface area (Å²) in [6, 6.07) is 9.53. The Morgan fingerprint density at radius 1 is 1.08 bits per heavy atom. The lowest BCUT2D eigenvalue weighted by Gasteiger charge is -2.21. The van der Waals surface area contributed by atoms with Crippen molar-refractivity contribution in [2.24, 2.45) is 0 Å². The van der Waals surface area contributed by atoms with E-state index in [-0.39, 0.29) is 6.04 Å². The molecule has 0 aliphatic heterocycles. The number of aromatic nitrogens is 1. The van der Waals surface area contributed by atoms with Crippen LogP contribution < -0.4 is 24.8 Å². The molecular weight excluding hydrogens is 338 g/mol. The average molecular weight is 361 g/mol. The molecule has 134 valence electrons. The van der Waals surface area contributed by atoms with Crippen LogP contribution in [0.5, 0.6) is 17.4 Å².